The maximum Gasteiger partial charge on any atom is 0.247 e. The SMILES string of the molecule is COc1ccc([C@H]2Nc3ccccc3-c3nnc(SC)nc3O2)c(OC)c1OC. The number of benzene rings is 2. The largest absolute Gasteiger partial charge is 0.493 e. The lowest BCUT2D eigenvalue weighted by Gasteiger charge is -2.23. The van der Waals surface area contributed by atoms with Crippen molar-refractivity contribution in [2.75, 3.05) is 32.9 Å². The monoisotopic (exact) mass is 412 g/mol. The number of nitrogens with zero attached hydrogens (tertiary/aromatic N) is 3. The third kappa shape index (κ3) is 3.38. The van der Waals surface area contributed by atoms with Crippen molar-refractivity contribution in [3.05, 3.63) is 42.0 Å². The van der Waals surface area contributed by atoms with Crippen LogP contribution < -0.4 is 24.3 Å². The molecule has 1 aromatic heterocycles. The van der Waals surface area contributed by atoms with Gasteiger partial charge in [0.15, 0.2) is 17.2 Å². The Balaban J connectivity index is 1.88. The summed E-state index contributed by atoms with van der Waals surface area (Å²) >= 11 is 1.40. The molecule has 8 nitrogen and oxygen atoms in total. The molecule has 0 spiro atoms. The Morgan fingerprint density at radius 2 is 1.76 bits per heavy atom. The number of nitrogens with one attached hydrogen (secondary N) is 1. The number of rotatable bonds is 5. The van der Waals surface area contributed by atoms with E-state index in [4.69, 9.17) is 18.9 Å². The predicted octanol–water partition coefficient (Wildman–Crippen LogP) is 3.79. The van der Waals surface area contributed by atoms with Crippen LogP contribution in [0, 0.1) is 0 Å². The molecule has 2 aromatic carbocycles. The second-order valence-electron chi connectivity index (χ2n) is 6.06. The van der Waals surface area contributed by atoms with Crippen molar-refractivity contribution >= 4 is 17.4 Å². The summed E-state index contributed by atoms with van der Waals surface area (Å²) in [5.41, 5.74) is 3.02. The fourth-order valence-electron chi connectivity index (χ4n) is 3.21. The van der Waals surface area contributed by atoms with Gasteiger partial charge in [-0.25, -0.2) is 0 Å². The maximum absolute atomic E-state index is 6.27. The number of ether oxygens (including phenoxy) is 4. The zero-order valence-corrected chi connectivity index (χ0v) is 17.2. The summed E-state index contributed by atoms with van der Waals surface area (Å²) in [4.78, 5) is 4.53. The first-order valence-electron chi connectivity index (χ1n) is 8.80. The Kier molecular flexibility index (Phi) is 5.30. The van der Waals surface area contributed by atoms with Gasteiger partial charge < -0.3 is 24.3 Å². The highest BCUT2D eigenvalue weighted by atomic mass is 32.2. The molecule has 1 aliphatic heterocycles. The molecule has 0 bridgehead atoms. The molecule has 29 heavy (non-hydrogen) atoms. The van der Waals surface area contributed by atoms with Crippen molar-refractivity contribution in [2.24, 2.45) is 0 Å². The number of methoxy groups -OCH3 is 3. The van der Waals surface area contributed by atoms with E-state index in [9.17, 15) is 0 Å². The van der Waals surface area contributed by atoms with Crippen LogP contribution in [0.3, 0.4) is 0 Å². The number of anilines is 1. The van der Waals surface area contributed by atoms with Crippen LogP contribution in [0.5, 0.6) is 23.1 Å². The smallest absolute Gasteiger partial charge is 0.247 e. The summed E-state index contributed by atoms with van der Waals surface area (Å²) in [5, 5.41) is 12.5. The predicted molar refractivity (Wildman–Crippen MR) is 110 cm³/mol. The molecule has 0 aliphatic carbocycles. The van der Waals surface area contributed by atoms with Gasteiger partial charge >= 0.3 is 0 Å². The molecule has 0 radical (unpaired) electrons. The number of thioether (sulfide) groups is 1. The van der Waals surface area contributed by atoms with Gasteiger partial charge in [0.2, 0.25) is 23.0 Å². The van der Waals surface area contributed by atoms with Crippen molar-refractivity contribution < 1.29 is 18.9 Å². The summed E-state index contributed by atoms with van der Waals surface area (Å²) in [6.45, 7) is 0. The van der Waals surface area contributed by atoms with E-state index in [1.165, 1.54) is 11.8 Å². The van der Waals surface area contributed by atoms with Gasteiger partial charge in [0.25, 0.3) is 0 Å². The highest BCUT2D eigenvalue weighted by molar-refractivity contribution is 7.98. The molecule has 0 amide bonds. The number of aromatic nitrogens is 3. The number of hydrogen-bond donors (Lipinski definition) is 1. The third-order valence-electron chi connectivity index (χ3n) is 4.53. The summed E-state index contributed by atoms with van der Waals surface area (Å²) < 4.78 is 22.8. The molecule has 150 valence electrons. The molecule has 3 aromatic rings. The molecular weight excluding hydrogens is 392 g/mol. The average Bonchev–Trinajstić information content (AvgIpc) is 2.93. The summed E-state index contributed by atoms with van der Waals surface area (Å²) in [6.07, 6.45) is 1.29. The van der Waals surface area contributed by atoms with E-state index >= 15 is 0 Å². The molecule has 1 atom stereocenters. The minimum atomic E-state index is -0.599. The van der Waals surface area contributed by atoms with E-state index < -0.39 is 6.23 Å². The van der Waals surface area contributed by atoms with Gasteiger partial charge in [-0.1, -0.05) is 30.0 Å². The summed E-state index contributed by atoms with van der Waals surface area (Å²) in [5.74, 6) is 1.96. The molecule has 1 N–H and O–H groups in total. The van der Waals surface area contributed by atoms with Crippen molar-refractivity contribution in [3.8, 4) is 34.4 Å². The maximum atomic E-state index is 6.27. The third-order valence-corrected chi connectivity index (χ3v) is 5.07. The van der Waals surface area contributed by atoms with Gasteiger partial charge in [0.05, 0.1) is 26.9 Å². The average molecular weight is 412 g/mol. The molecular formula is C20H20N4O4S. The Morgan fingerprint density at radius 1 is 0.966 bits per heavy atom. The van der Waals surface area contributed by atoms with Gasteiger partial charge in [0.1, 0.15) is 0 Å². The molecule has 0 fully saturated rings. The van der Waals surface area contributed by atoms with Crippen molar-refractivity contribution in [1.29, 1.82) is 0 Å². The summed E-state index contributed by atoms with van der Waals surface area (Å²) in [6, 6.07) is 11.5. The van der Waals surface area contributed by atoms with Crippen molar-refractivity contribution in [3.63, 3.8) is 0 Å². The fraction of sp³-hybridized carbons (Fsp3) is 0.250. The Bertz CT molecular complexity index is 1050. The summed E-state index contributed by atoms with van der Waals surface area (Å²) in [7, 11) is 4.73. The van der Waals surface area contributed by atoms with Crippen LogP contribution >= 0.6 is 11.8 Å². The Morgan fingerprint density at radius 3 is 2.48 bits per heavy atom. The zero-order chi connectivity index (χ0) is 20.4. The standard InChI is InChI=1S/C20H20N4O4S/c1-25-14-10-9-12(16(26-2)17(14)27-3)18-21-13-8-6-5-7-11(13)15-19(28-18)22-20(29-4)24-23-15/h5-10,18,21H,1-4H3/t18-/m0/s1. The minimum Gasteiger partial charge on any atom is -0.493 e. The van der Waals surface area contributed by atoms with Crippen LogP contribution in [0.2, 0.25) is 0 Å². The number of para-hydroxylation sites is 1. The lowest BCUT2D eigenvalue weighted by atomic mass is 10.1. The molecule has 1 aliphatic rings. The zero-order valence-electron chi connectivity index (χ0n) is 16.4. The van der Waals surface area contributed by atoms with E-state index in [-0.39, 0.29) is 0 Å². The molecule has 0 unspecified atom stereocenters. The van der Waals surface area contributed by atoms with Crippen LogP contribution in [0.25, 0.3) is 11.3 Å². The topological polar surface area (TPSA) is 87.6 Å². The Hall–Kier alpha value is -3.20. The van der Waals surface area contributed by atoms with Gasteiger partial charge in [-0.3, -0.25) is 0 Å². The van der Waals surface area contributed by atoms with E-state index in [0.29, 0.717) is 34.0 Å². The van der Waals surface area contributed by atoms with Crippen LogP contribution in [-0.4, -0.2) is 42.8 Å². The van der Waals surface area contributed by atoms with Crippen LogP contribution in [0.15, 0.2) is 41.6 Å². The van der Waals surface area contributed by atoms with Gasteiger partial charge in [-0.15, -0.1) is 10.2 Å². The second kappa shape index (κ2) is 8.04. The van der Waals surface area contributed by atoms with Gasteiger partial charge in [-0.05, 0) is 24.5 Å². The number of fused-ring (bicyclic) bond motifs is 3. The van der Waals surface area contributed by atoms with E-state index in [0.717, 1.165) is 16.8 Å². The van der Waals surface area contributed by atoms with E-state index in [1.807, 2.05) is 42.7 Å². The first-order chi connectivity index (χ1) is 14.2. The first-order valence-corrected chi connectivity index (χ1v) is 10.0. The normalized spacial score (nSPS) is 14.6. The van der Waals surface area contributed by atoms with Crippen molar-refractivity contribution in [1.82, 2.24) is 15.2 Å². The molecule has 0 saturated carbocycles. The highest BCUT2D eigenvalue weighted by Crippen LogP contribution is 2.45. The van der Waals surface area contributed by atoms with Gasteiger partial charge in [0, 0.05) is 11.3 Å². The first kappa shape index (κ1) is 19.1. The van der Waals surface area contributed by atoms with Crippen LogP contribution in [0.4, 0.5) is 5.69 Å². The molecule has 0 saturated heterocycles. The number of hydrogen-bond acceptors (Lipinski definition) is 9. The van der Waals surface area contributed by atoms with Crippen LogP contribution in [0.1, 0.15) is 11.8 Å². The molecule has 9 heteroatoms. The molecule has 2 heterocycles. The van der Waals surface area contributed by atoms with Gasteiger partial charge in [-0.2, -0.15) is 4.98 Å². The highest BCUT2D eigenvalue weighted by Gasteiger charge is 2.29. The van der Waals surface area contributed by atoms with E-state index in [1.54, 1.807) is 21.3 Å². The van der Waals surface area contributed by atoms with E-state index in [2.05, 4.69) is 20.5 Å². The lowest BCUT2D eigenvalue weighted by Crippen LogP contribution is -2.18. The van der Waals surface area contributed by atoms with Crippen molar-refractivity contribution in [2.45, 2.75) is 11.4 Å². The Labute approximate surface area is 172 Å². The minimum absolute atomic E-state index is 0.392. The molecule has 4 rings (SSSR count). The second-order valence-corrected chi connectivity index (χ2v) is 6.84. The quantitative estimate of drug-likeness (QED) is 0.629. The lowest BCUT2D eigenvalue weighted by molar-refractivity contribution is 0.217. The fourth-order valence-corrected chi connectivity index (χ4v) is 3.50. The van der Waals surface area contributed by atoms with Crippen LogP contribution in [-0.2, 0) is 0 Å².